The van der Waals surface area contributed by atoms with Crippen molar-refractivity contribution in [1.29, 1.82) is 0 Å². The average Bonchev–Trinajstić information content (AvgIpc) is 2.58. The summed E-state index contributed by atoms with van der Waals surface area (Å²) in [5.74, 6) is 2.27. The minimum absolute atomic E-state index is 0.359. The average molecular weight is 278 g/mol. The molecule has 2 N–H and O–H groups in total. The summed E-state index contributed by atoms with van der Waals surface area (Å²) >= 11 is 0. The predicted octanol–water partition coefficient (Wildman–Crippen LogP) is 2.38. The van der Waals surface area contributed by atoms with Gasteiger partial charge >= 0.3 is 0 Å². The summed E-state index contributed by atoms with van der Waals surface area (Å²) in [7, 11) is 1.89. The molecule has 0 aliphatic carbocycles. The van der Waals surface area contributed by atoms with Crippen LogP contribution >= 0.6 is 0 Å². The van der Waals surface area contributed by atoms with Gasteiger partial charge in [-0.1, -0.05) is 13.8 Å². The number of anilines is 2. The van der Waals surface area contributed by atoms with Crippen LogP contribution < -0.4 is 10.2 Å². The molecule has 112 valence electrons. The van der Waals surface area contributed by atoms with Crippen LogP contribution in [0, 0.1) is 0 Å². The maximum absolute atomic E-state index is 10.2. The fourth-order valence-corrected chi connectivity index (χ4v) is 2.84. The quantitative estimate of drug-likeness (QED) is 0.889. The molecule has 1 fully saturated rings. The standard InChI is InChI=1S/C15H26N4O/c1-11(2)12-13(16-4)17-10-18-14(12)19-8-5-6-15(3,20)7-9-19/h10-11,20H,5-9H2,1-4H3,(H,16,17,18). The van der Waals surface area contributed by atoms with Gasteiger partial charge in [0.15, 0.2) is 0 Å². The Kier molecular flexibility index (Phi) is 4.48. The number of hydrogen-bond acceptors (Lipinski definition) is 5. The highest BCUT2D eigenvalue weighted by Gasteiger charge is 2.27. The van der Waals surface area contributed by atoms with E-state index in [9.17, 15) is 5.11 Å². The van der Waals surface area contributed by atoms with Crippen LogP contribution in [0.25, 0.3) is 0 Å². The van der Waals surface area contributed by atoms with Gasteiger partial charge in [-0.15, -0.1) is 0 Å². The van der Waals surface area contributed by atoms with Crippen LogP contribution in [0.3, 0.4) is 0 Å². The number of nitrogens with zero attached hydrogens (tertiary/aromatic N) is 3. The molecule has 20 heavy (non-hydrogen) atoms. The van der Waals surface area contributed by atoms with Gasteiger partial charge in [0, 0.05) is 25.7 Å². The van der Waals surface area contributed by atoms with E-state index in [-0.39, 0.29) is 0 Å². The van der Waals surface area contributed by atoms with Gasteiger partial charge in [0.1, 0.15) is 18.0 Å². The van der Waals surface area contributed by atoms with E-state index in [2.05, 4.69) is 34.0 Å². The zero-order valence-electron chi connectivity index (χ0n) is 13.0. The third-order valence-corrected chi connectivity index (χ3v) is 4.04. The van der Waals surface area contributed by atoms with Crippen molar-refractivity contribution < 1.29 is 5.11 Å². The summed E-state index contributed by atoms with van der Waals surface area (Å²) in [6.45, 7) is 8.04. The minimum atomic E-state index is -0.550. The van der Waals surface area contributed by atoms with Crippen molar-refractivity contribution in [3.05, 3.63) is 11.9 Å². The van der Waals surface area contributed by atoms with Crippen molar-refractivity contribution in [2.75, 3.05) is 30.4 Å². The molecule has 1 aromatic rings. The van der Waals surface area contributed by atoms with E-state index >= 15 is 0 Å². The van der Waals surface area contributed by atoms with Gasteiger partial charge in [-0.05, 0) is 32.1 Å². The molecular weight excluding hydrogens is 252 g/mol. The zero-order valence-corrected chi connectivity index (χ0v) is 13.0. The van der Waals surface area contributed by atoms with Crippen LogP contribution in [-0.4, -0.2) is 40.8 Å². The van der Waals surface area contributed by atoms with Gasteiger partial charge in [0.05, 0.1) is 5.60 Å². The lowest BCUT2D eigenvalue weighted by Crippen LogP contribution is -2.30. The molecule has 5 nitrogen and oxygen atoms in total. The van der Waals surface area contributed by atoms with Crippen LogP contribution in [-0.2, 0) is 0 Å². The second-order valence-electron chi connectivity index (χ2n) is 6.20. The van der Waals surface area contributed by atoms with Crippen molar-refractivity contribution in [1.82, 2.24) is 9.97 Å². The Morgan fingerprint density at radius 2 is 2.05 bits per heavy atom. The highest BCUT2D eigenvalue weighted by Crippen LogP contribution is 2.32. The lowest BCUT2D eigenvalue weighted by Gasteiger charge is -2.27. The van der Waals surface area contributed by atoms with Crippen molar-refractivity contribution in [3.8, 4) is 0 Å². The highest BCUT2D eigenvalue weighted by molar-refractivity contribution is 5.60. The van der Waals surface area contributed by atoms with E-state index in [0.29, 0.717) is 5.92 Å². The van der Waals surface area contributed by atoms with Crippen LogP contribution in [0.1, 0.15) is 51.5 Å². The highest BCUT2D eigenvalue weighted by atomic mass is 16.3. The number of rotatable bonds is 3. The van der Waals surface area contributed by atoms with Crippen molar-refractivity contribution >= 4 is 11.6 Å². The van der Waals surface area contributed by atoms with E-state index in [1.165, 1.54) is 0 Å². The third-order valence-electron chi connectivity index (χ3n) is 4.04. The molecule has 0 saturated carbocycles. The van der Waals surface area contributed by atoms with Crippen molar-refractivity contribution in [2.24, 2.45) is 0 Å². The van der Waals surface area contributed by atoms with Gasteiger partial charge in [-0.3, -0.25) is 0 Å². The maximum atomic E-state index is 10.2. The second-order valence-corrected chi connectivity index (χ2v) is 6.20. The van der Waals surface area contributed by atoms with Crippen LogP contribution in [0.15, 0.2) is 6.33 Å². The Bertz CT molecular complexity index is 459. The summed E-state index contributed by atoms with van der Waals surface area (Å²) in [6, 6.07) is 0. The largest absolute Gasteiger partial charge is 0.390 e. The van der Waals surface area contributed by atoms with Gasteiger partial charge in [-0.2, -0.15) is 0 Å². The summed E-state index contributed by atoms with van der Waals surface area (Å²) in [4.78, 5) is 11.1. The summed E-state index contributed by atoms with van der Waals surface area (Å²) in [5.41, 5.74) is 0.613. The van der Waals surface area contributed by atoms with Gasteiger partial charge in [-0.25, -0.2) is 9.97 Å². The first kappa shape index (κ1) is 15.0. The molecule has 0 bridgehead atoms. The molecule has 2 rings (SSSR count). The van der Waals surface area contributed by atoms with E-state index in [4.69, 9.17) is 0 Å². The monoisotopic (exact) mass is 278 g/mol. The van der Waals surface area contributed by atoms with E-state index in [0.717, 1.165) is 49.6 Å². The summed E-state index contributed by atoms with van der Waals surface area (Å²) < 4.78 is 0. The Labute approximate surface area is 121 Å². The smallest absolute Gasteiger partial charge is 0.137 e. The summed E-state index contributed by atoms with van der Waals surface area (Å²) in [5, 5.41) is 13.4. The maximum Gasteiger partial charge on any atom is 0.137 e. The topological polar surface area (TPSA) is 61.3 Å². The summed E-state index contributed by atoms with van der Waals surface area (Å²) in [6.07, 6.45) is 4.24. The Balaban J connectivity index is 2.32. The molecular formula is C15H26N4O. The van der Waals surface area contributed by atoms with E-state index in [1.54, 1.807) is 6.33 Å². The first-order valence-corrected chi connectivity index (χ1v) is 7.44. The lowest BCUT2D eigenvalue weighted by molar-refractivity contribution is 0.0481. The lowest BCUT2D eigenvalue weighted by atomic mass is 9.98. The number of hydrogen-bond donors (Lipinski definition) is 2. The van der Waals surface area contributed by atoms with E-state index < -0.39 is 5.60 Å². The third kappa shape index (κ3) is 3.20. The first-order valence-electron chi connectivity index (χ1n) is 7.44. The Hall–Kier alpha value is -1.36. The fourth-order valence-electron chi connectivity index (χ4n) is 2.84. The molecule has 0 amide bonds. The predicted molar refractivity (Wildman–Crippen MR) is 82.4 cm³/mol. The number of aromatic nitrogens is 2. The van der Waals surface area contributed by atoms with Crippen LogP contribution in [0.5, 0.6) is 0 Å². The molecule has 0 radical (unpaired) electrons. The molecule has 5 heteroatoms. The molecule has 2 heterocycles. The van der Waals surface area contributed by atoms with Crippen molar-refractivity contribution in [2.45, 2.75) is 51.6 Å². The zero-order chi connectivity index (χ0) is 14.8. The SMILES string of the molecule is CNc1ncnc(N2CCCC(C)(O)CC2)c1C(C)C. The van der Waals surface area contributed by atoms with Gasteiger partial charge in [0.2, 0.25) is 0 Å². The molecule has 0 aromatic carbocycles. The molecule has 1 aromatic heterocycles. The number of aliphatic hydroxyl groups is 1. The Morgan fingerprint density at radius 1 is 1.30 bits per heavy atom. The van der Waals surface area contributed by atoms with E-state index in [1.807, 2.05) is 14.0 Å². The molecule has 1 unspecified atom stereocenters. The molecule has 1 atom stereocenters. The molecule has 1 aliphatic rings. The van der Waals surface area contributed by atoms with Crippen LogP contribution in [0.4, 0.5) is 11.6 Å². The number of nitrogens with one attached hydrogen (secondary N) is 1. The molecule has 1 aliphatic heterocycles. The minimum Gasteiger partial charge on any atom is -0.390 e. The fraction of sp³-hybridized carbons (Fsp3) is 0.733. The molecule has 1 saturated heterocycles. The normalized spacial score (nSPS) is 23.8. The van der Waals surface area contributed by atoms with Crippen molar-refractivity contribution in [3.63, 3.8) is 0 Å². The Morgan fingerprint density at radius 3 is 2.70 bits per heavy atom. The van der Waals surface area contributed by atoms with Crippen LogP contribution in [0.2, 0.25) is 0 Å². The van der Waals surface area contributed by atoms with Gasteiger partial charge < -0.3 is 15.3 Å². The first-order chi connectivity index (χ1) is 9.44. The second kappa shape index (κ2) is 5.95. The molecule has 0 spiro atoms. The van der Waals surface area contributed by atoms with Gasteiger partial charge in [0.25, 0.3) is 0 Å².